The van der Waals surface area contributed by atoms with Gasteiger partial charge in [0.2, 0.25) is 5.91 Å². The van der Waals surface area contributed by atoms with Crippen LogP contribution < -0.4 is 10.6 Å². The van der Waals surface area contributed by atoms with Crippen molar-refractivity contribution in [3.8, 4) is 0 Å². The summed E-state index contributed by atoms with van der Waals surface area (Å²) in [7, 11) is 0. The van der Waals surface area contributed by atoms with Gasteiger partial charge in [-0.05, 0) is 56.3 Å². The lowest BCUT2D eigenvalue weighted by molar-refractivity contribution is -0.125. The summed E-state index contributed by atoms with van der Waals surface area (Å²) in [5, 5.41) is 6.37. The van der Waals surface area contributed by atoms with E-state index in [1.54, 1.807) is 0 Å². The summed E-state index contributed by atoms with van der Waals surface area (Å²) in [6.07, 6.45) is 3.16. The lowest BCUT2D eigenvalue weighted by Crippen LogP contribution is -2.46. The molecule has 0 radical (unpaired) electrons. The van der Waals surface area contributed by atoms with E-state index in [2.05, 4.69) is 36.6 Å². The van der Waals surface area contributed by atoms with E-state index in [4.69, 9.17) is 0 Å². The first kappa shape index (κ1) is 15.0. The fourth-order valence-corrected chi connectivity index (χ4v) is 2.66. The minimum absolute atomic E-state index is 0.126. The summed E-state index contributed by atoms with van der Waals surface area (Å²) in [6.45, 7) is 8.25. The molecule has 3 nitrogen and oxygen atoms in total. The maximum atomic E-state index is 12.4. The van der Waals surface area contributed by atoms with Crippen LogP contribution in [0.2, 0.25) is 0 Å². The van der Waals surface area contributed by atoms with E-state index in [-0.39, 0.29) is 11.3 Å². The standard InChI is InChI=1S/C17H26N2O/c1-4-13(2)14-6-8-15(9-7-14)19-16(20)17(3)10-5-11-18-12-17/h6-9,13,18H,4-5,10-12H2,1-3H3,(H,19,20). The van der Waals surface area contributed by atoms with Gasteiger partial charge in [-0.1, -0.05) is 26.0 Å². The molecule has 2 atom stereocenters. The predicted octanol–water partition coefficient (Wildman–Crippen LogP) is 3.53. The number of piperidine rings is 1. The first-order valence-electron chi connectivity index (χ1n) is 7.67. The molecule has 1 heterocycles. The Hall–Kier alpha value is -1.35. The Morgan fingerprint density at radius 2 is 2.10 bits per heavy atom. The molecular formula is C17H26N2O. The minimum Gasteiger partial charge on any atom is -0.326 e. The molecular weight excluding hydrogens is 248 g/mol. The molecule has 2 unspecified atom stereocenters. The number of nitrogens with one attached hydrogen (secondary N) is 2. The molecule has 0 spiro atoms. The summed E-state index contributed by atoms with van der Waals surface area (Å²) in [5.74, 6) is 0.695. The highest BCUT2D eigenvalue weighted by Crippen LogP contribution is 2.27. The number of benzene rings is 1. The van der Waals surface area contributed by atoms with Crippen LogP contribution in [0.3, 0.4) is 0 Å². The van der Waals surface area contributed by atoms with Crippen LogP contribution in [-0.2, 0) is 4.79 Å². The van der Waals surface area contributed by atoms with Gasteiger partial charge in [-0.15, -0.1) is 0 Å². The van der Waals surface area contributed by atoms with Gasteiger partial charge in [-0.25, -0.2) is 0 Å². The van der Waals surface area contributed by atoms with Gasteiger partial charge in [-0.2, -0.15) is 0 Å². The van der Waals surface area contributed by atoms with Crippen LogP contribution in [0.4, 0.5) is 5.69 Å². The van der Waals surface area contributed by atoms with E-state index in [0.717, 1.165) is 38.0 Å². The Bertz CT molecular complexity index is 447. The number of anilines is 1. The second kappa shape index (κ2) is 6.40. The molecule has 1 aromatic rings. The number of hydrogen-bond acceptors (Lipinski definition) is 2. The third-order valence-corrected chi connectivity index (χ3v) is 4.50. The van der Waals surface area contributed by atoms with E-state index in [0.29, 0.717) is 5.92 Å². The van der Waals surface area contributed by atoms with E-state index in [9.17, 15) is 4.79 Å². The number of carbonyl (C=O) groups excluding carboxylic acids is 1. The predicted molar refractivity (Wildman–Crippen MR) is 84.0 cm³/mol. The zero-order chi connectivity index (χ0) is 14.6. The Balaban J connectivity index is 2.00. The number of amides is 1. The van der Waals surface area contributed by atoms with Gasteiger partial charge in [0, 0.05) is 12.2 Å². The third-order valence-electron chi connectivity index (χ3n) is 4.50. The largest absolute Gasteiger partial charge is 0.326 e. The molecule has 110 valence electrons. The van der Waals surface area contributed by atoms with Gasteiger partial charge < -0.3 is 10.6 Å². The maximum Gasteiger partial charge on any atom is 0.231 e. The Morgan fingerprint density at radius 3 is 2.65 bits per heavy atom. The Kier molecular flexibility index (Phi) is 4.81. The normalized spacial score (nSPS) is 24.1. The monoisotopic (exact) mass is 274 g/mol. The topological polar surface area (TPSA) is 41.1 Å². The van der Waals surface area contributed by atoms with Crippen molar-refractivity contribution in [1.29, 1.82) is 0 Å². The van der Waals surface area contributed by atoms with Gasteiger partial charge in [0.1, 0.15) is 0 Å². The molecule has 1 fully saturated rings. The fraction of sp³-hybridized carbons (Fsp3) is 0.588. The van der Waals surface area contributed by atoms with Crippen LogP contribution in [0.25, 0.3) is 0 Å². The molecule has 1 aliphatic rings. The summed E-state index contributed by atoms with van der Waals surface area (Å²) >= 11 is 0. The van der Waals surface area contributed by atoms with Crippen LogP contribution in [-0.4, -0.2) is 19.0 Å². The van der Waals surface area contributed by atoms with Crippen molar-refractivity contribution in [2.24, 2.45) is 5.41 Å². The molecule has 1 aliphatic heterocycles. The molecule has 3 heteroatoms. The van der Waals surface area contributed by atoms with Crippen LogP contribution in [0, 0.1) is 5.41 Å². The maximum absolute atomic E-state index is 12.4. The first-order valence-corrected chi connectivity index (χ1v) is 7.67. The second-order valence-corrected chi connectivity index (χ2v) is 6.23. The highest BCUT2D eigenvalue weighted by molar-refractivity contribution is 5.95. The molecule has 0 aliphatic carbocycles. The van der Waals surface area contributed by atoms with E-state index < -0.39 is 0 Å². The average molecular weight is 274 g/mol. The van der Waals surface area contributed by atoms with Gasteiger partial charge in [0.05, 0.1) is 5.41 Å². The van der Waals surface area contributed by atoms with Gasteiger partial charge in [-0.3, -0.25) is 4.79 Å². The third kappa shape index (κ3) is 3.40. The zero-order valence-corrected chi connectivity index (χ0v) is 12.8. The molecule has 1 amide bonds. The van der Waals surface area contributed by atoms with E-state index in [1.165, 1.54) is 5.56 Å². The lowest BCUT2D eigenvalue weighted by Gasteiger charge is -2.32. The van der Waals surface area contributed by atoms with Crippen LogP contribution >= 0.6 is 0 Å². The second-order valence-electron chi connectivity index (χ2n) is 6.23. The van der Waals surface area contributed by atoms with Crippen molar-refractivity contribution in [2.45, 2.75) is 46.0 Å². The molecule has 20 heavy (non-hydrogen) atoms. The first-order chi connectivity index (χ1) is 9.55. The van der Waals surface area contributed by atoms with E-state index in [1.807, 2.05) is 19.1 Å². The lowest BCUT2D eigenvalue weighted by atomic mass is 9.82. The fourth-order valence-electron chi connectivity index (χ4n) is 2.66. The zero-order valence-electron chi connectivity index (χ0n) is 12.8. The summed E-state index contributed by atoms with van der Waals surface area (Å²) in [5.41, 5.74) is 1.94. The van der Waals surface area contributed by atoms with Crippen LogP contribution in [0.1, 0.15) is 51.5 Å². The van der Waals surface area contributed by atoms with Gasteiger partial charge in [0.15, 0.2) is 0 Å². The van der Waals surface area contributed by atoms with Crippen molar-refractivity contribution >= 4 is 11.6 Å². The van der Waals surface area contributed by atoms with Crippen molar-refractivity contribution < 1.29 is 4.79 Å². The highest BCUT2D eigenvalue weighted by Gasteiger charge is 2.34. The van der Waals surface area contributed by atoms with Crippen LogP contribution in [0.5, 0.6) is 0 Å². The molecule has 2 rings (SSSR count). The Morgan fingerprint density at radius 1 is 1.40 bits per heavy atom. The average Bonchev–Trinajstić information content (AvgIpc) is 2.48. The highest BCUT2D eigenvalue weighted by atomic mass is 16.2. The van der Waals surface area contributed by atoms with Crippen molar-refractivity contribution in [3.63, 3.8) is 0 Å². The van der Waals surface area contributed by atoms with Gasteiger partial charge in [0.25, 0.3) is 0 Å². The number of carbonyl (C=O) groups is 1. The minimum atomic E-state index is -0.284. The number of hydrogen-bond donors (Lipinski definition) is 2. The molecule has 0 saturated carbocycles. The van der Waals surface area contributed by atoms with Crippen molar-refractivity contribution in [3.05, 3.63) is 29.8 Å². The van der Waals surface area contributed by atoms with Crippen molar-refractivity contribution in [1.82, 2.24) is 5.32 Å². The summed E-state index contributed by atoms with van der Waals surface area (Å²) < 4.78 is 0. The van der Waals surface area contributed by atoms with Gasteiger partial charge >= 0.3 is 0 Å². The quantitative estimate of drug-likeness (QED) is 0.882. The number of rotatable bonds is 4. The smallest absolute Gasteiger partial charge is 0.231 e. The summed E-state index contributed by atoms with van der Waals surface area (Å²) in [6, 6.07) is 8.26. The molecule has 2 N–H and O–H groups in total. The van der Waals surface area contributed by atoms with Crippen molar-refractivity contribution in [2.75, 3.05) is 18.4 Å². The van der Waals surface area contributed by atoms with E-state index >= 15 is 0 Å². The summed E-state index contributed by atoms with van der Waals surface area (Å²) in [4.78, 5) is 12.4. The Labute approximate surface area is 122 Å². The molecule has 0 bridgehead atoms. The SMILES string of the molecule is CCC(C)c1ccc(NC(=O)C2(C)CCCNC2)cc1. The molecule has 0 aromatic heterocycles. The molecule has 1 aromatic carbocycles. The molecule has 1 saturated heterocycles. The van der Waals surface area contributed by atoms with Crippen LogP contribution in [0.15, 0.2) is 24.3 Å².